The number of carbonyl (C=O) groups is 2. The van der Waals surface area contributed by atoms with Gasteiger partial charge in [0, 0.05) is 11.6 Å². The van der Waals surface area contributed by atoms with Crippen LogP contribution in [0.1, 0.15) is 24.8 Å². The van der Waals surface area contributed by atoms with Gasteiger partial charge in [0.2, 0.25) is 0 Å². The van der Waals surface area contributed by atoms with E-state index in [0.717, 1.165) is 6.42 Å². The highest BCUT2D eigenvalue weighted by Crippen LogP contribution is 2.33. The van der Waals surface area contributed by atoms with Gasteiger partial charge in [-0.05, 0) is 25.0 Å². The van der Waals surface area contributed by atoms with Crippen LogP contribution >= 0.6 is 0 Å². The molecule has 0 saturated heterocycles. The number of rotatable bonds is 6. The van der Waals surface area contributed by atoms with E-state index in [9.17, 15) is 9.59 Å². The van der Waals surface area contributed by atoms with Crippen LogP contribution in [0.25, 0.3) is 0 Å². The summed E-state index contributed by atoms with van der Waals surface area (Å²) in [5, 5.41) is 9.12. The molecule has 22 heavy (non-hydrogen) atoms. The van der Waals surface area contributed by atoms with Crippen molar-refractivity contribution in [1.29, 1.82) is 0 Å². The van der Waals surface area contributed by atoms with Crippen molar-refractivity contribution in [1.82, 2.24) is 0 Å². The van der Waals surface area contributed by atoms with Crippen molar-refractivity contribution in [3.05, 3.63) is 23.8 Å². The molecule has 0 radical (unpaired) electrons. The van der Waals surface area contributed by atoms with Crippen molar-refractivity contribution in [2.75, 3.05) is 14.2 Å². The Labute approximate surface area is 129 Å². The summed E-state index contributed by atoms with van der Waals surface area (Å²) < 4.78 is 15.6. The fraction of sp³-hybridized carbons (Fsp3) is 0.500. The fourth-order valence-electron chi connectivity index (χ4n) is 2.76. The topological polar surface area (TPSA) is 82.1 Å². The number of methoxy groups -OCH3 is 2. The molecular weight excluding hydrogens is 288 g/mol. The lowest BCUT2D eigenvalue weighted by molar-refractivity contribution is -0.157. The van der Waals surface area contributed by atoms with E-state index in [1.54, 1.807) is 25.3 Å². The van der Waals surface area contributed by atoms with Crippen LogP contribution in [-0.2, 0) is 20.9 Å². The largest absolute Gasteiger partial charge is 0.497 e. The lowest BCUT2D eigenvalue weighted by Crippen LogP contribution is -2.26. The van der Waals surface area contributed by atoms with E-state index < -0.39 is 23.8 Å². The quantitative estimate of drug-likeness (QED) is 0.812. The summed E-state index contributed by atoms with van der Waals surface area (Å²) in [6.45, 7) is 0.0504. The van der Waals surface area contributed by atoms with Crippen LogP contribution in [0.2, 0.25) is 0 Å². The number of carboxylic acids is 1. The zero-order chi connectivity index (χ0) is 16.1. The zero-order valence-corrected chi connectivity index (χ0v) is 12.7. The van der Waals surface area contributed by atoms with E-state index in [-0.39, 0.29) is 6.61 Å². The smallest absolute Gasteiger partial charge is 0.310 e. The molecular formula is C16H20O6. The molecule has 2 atom stereocenters. The monoisotopic (exact) mass is 308 g/mol. The van der Waals surface area contributed by atoms with Crippen LogP contribution in [0.3, 0.4) is 0 Å². The highest BCUT2D eigenvalue weighted by molar-refractivity contribution is 5.81. The average Bonchev–Trinajstić information content (AvgIpc) is 3.02. The molecule has 1 aromatic carbocycles. The predicted octanol–water partition coefficient (Wildman–Crippen LogP) is 2.25. The van der Waals surface area contributed by atoms with Gasteiger partial charge in [-0.25, -0.2) is 0 Å². The Morgan fingerprint density at radius 2 is 1.91 bits per heavy atom. The van der Waals surface area contributed by atoms with Gasteiger partial charge in [-0.3, -0.25) is 9.59 Å². The average molecular weight is 308 g/mol. The Morgan fingerprint density at radius 1 is 1.18 bits per heavy atom. The zero-order valence-electron chi connectivity index (χ0n) is 12.7. The van der Waals surface area contributed by atoms with Crippen LogP contribution < -0.4 is 9.47 Å². The Hall–Kier alpha value is -2.24. The number of esters is 1. The summed E-state index contributed by atoms with van der Waals surface area (Å²) in [6, 6.07) is 5.22. The highest BCUT2D eigenvalue weighted by atomic mass is 16.5. The molecule has 0 amide bonds. The maximum atomic E-state index is 12.1. The maximum absolute atomic E-state index is 12.1. The summed E-state index contributed by atoms with van der Waals surface area (Å²) in [6.07, 6.45) is 1.83. The van der Waals surface area contributed by atoms with E-state index in [0.29, 0.717) is 29.9 Å². The molecule has 1 N–H and O–H groups in total. The first kappa shape index (κ1) is 16.1. The Kier molecular flexibility index (Phi) is 5.25. The Bertz CT molecular complexity index is 554. The third-order valence-corrected chi connectivity index (χ3v) is 4.00. The number of carbonyl (C=O) groups excluding carboxylic acids is 1. The molecule has 1 fully saturated rings. The second kappa shape index (κ2) is 7.15. The van der Waals surface area contributed by atoms with Crippen LogP contribution in [0.15, 0.2) is 18.2 Å². The molecule has 120 valence electrons. The summed E-state index contributed by atoms with van der Waals surface area (Å²) in [7, 11) is 3.08. The van der Waals surface area contributed by atoms with Gasteiger partial charge in [0.15, 0.2) is 0 Å². The van der Waals surface area contributed by atoms with Gasteiger partial charge in [0.1, 0.15) is 18.1 Å². The van der Waals surface area contributed by atoms with Crippen molar-refractivity contribution >= 4 is 11.9 Å². The molecule has 1 saturated carbocycles. The van der Waals surface area contributed by atoms with E-state index >= 15 is 0 Å². The molecule has 2 rings (SSSR count). The van der Waals surface area contributed by atoms with Crippen LogP contribution in [-0.4, -0.2) is 31.3 Å². The predicted molar refractivity (Wildman–Crippen MR) is 77.8 cm³/mol. The lowest BCUT2D eigenvalue weighted by Gasteiger charge is -2.16. The maximum Gasteiger partial charge on any atom is 0.310 e. The third kappa shape index (κ3) is 3.50. The summed E-state index contributed by atoms with van der Waals surface area (Å²) in [5.41, 5.74) is 0.710. The number of carboxylic acid groups (broad SMARTS) is 1. The molecule has 1 aliphatic carbocycles. The molecule has 6 heteroatoms. The Balaban J connectivity index is 2.00. The van der Waals surface area contributed by atoms with Crippen molar-refractivity contribution < 1.29 is 28.9 Å². The number of ether oxygens (including phenoxy) is 3. The minimum atomic E-state index is -0.929. The third-order valence-electron chi connectivity index (χ3n) is 4.00. The van der Waals surface area contributed by atoms with Gasteiger partial charge in [-0.15, -0.1) is 0 Å². The number of aliphatic carboxylic acids is 1. The van der Waals surface area contributed by atoms with Crippen LogP contribution in [0.5, 0.6) is 11.5 Å². The van der Waals surface area contributed by atoms with E-state index in [4.69, 9.17) is 19.3 Å². The van der Waals surface area contributed by atoms with Crippen molar-refractivity contribution in [2.24, 2.45) is 11.8 Å². The first-order chi connectivity index (χ1) is 10.6. The second-order valence-corrected chi connectivity index (χ2v) is 5.27. The SMILES string of the molecule is COc1ccc(COC(=O)[C@H]2CCCC2C(=O)O)c(OC)c1. The second-order valence-electron chi connectivity index (χ2n) is 5.27. The molecule has 1 unspecified atom stereocenters. The number of hydrogen-bond acceptors (Lipinski definition) is 5. The summed E-state index contributed by atoms with van der Waals surface area (Å²) in [4.78, 5) is 23.2. The number of hydrogen-bond donors (Lipinski definition) is 1. The van der Waals surface area contributed by atoms with Gasteiger partial charge < -0.3 is 19.3 Å². The minimum absolute atomic E-state index is 0.0504. The normalized spacial score (nSPS) is 20.5. The molecule has 0 aliphatic heterocycles. The van der Waals surface area contributed by atoms with Gasteiger partial charge in [0.05, 0.1) is 26.1 Å². The molecule has 0 heterocycles. The lowest BCUT2D eigenvalue weighted by atomic mass is 9.96. The summed E-state index contributed by atoms with van der Waals surface area (Å²) in [5.74, 6) is -1.36. The highest BCUT2D eigenvalue weighted by Gasteiger charge is 2.38. The van der Waals surface area contributed by atoms with Gasteiger partial charge in [0.25, 0.3) is 0 Å². The van der Waals surface area contributed by atoms with E-state index in [2.05, 4.69) is 0 Å². The molecule has 0 spiro atoms. The molecule has 1 aromatic rings. The van der Waals surface area contributed by atoms with E-state index in [1.165, 1.54) is 7.11 Å². The van der Waals surface area contributed by atoms with Crippen molar-refractivity contribution in [3.8, 4) is 11.5 Å². The molecule has 6 nitrogen and oxygen atoms in total. The fourth-order valence-corrected chi connectivity index (χ4v) is 2.76. The molecule has 1 aliphatic rings. The molecule has 0 aromatic heterocycles. The van der Waals surface area contributed by atoms with Crippen LogP contribution in [0, 0.1) is 11.8 Å². The van der Waals surface area contributed by atoms with Crippen molar-refractivity contribution in [2.45, 2.75) is 25.9 Å². The van der Waals surface area contributed by atoms with Crippen LogP contribution in [0.4, 0.5) is 0 Å². The first-order valence-corrected chi connectivity index (χ1v) is 7.17. The van der Waals surface area contributed by atoms with Gasteiger partial charge >= 0.3 is 11.9 Å². The van der Waals surface area contributed by atoms with Crippen molar-refractivity contribution in [3.63, 3.8) is 0 Å². The first-order valence-electron chi connectivity index (χ1n) is 7.17. The van der Waals surface area contributed by atoms with Gasteiger partial charge in [-0.1, -0.05) is 6.42 Å². The number of benzene rings is 1. The van der Waals surface area contributed by atoms with E-state index in [1.807, 2.05) is 0 Å². The standard InChI is InChI=1S/C16H20O6/c1-20-11-7-6-10(14(8-11)21-2)9-22-16(19)13-5-3-4-12(13)15(17)18/h6-8,12-13H,3-5,9H2,1-2H3,(H,17,18)/t12?,13-/m0/s1. The minimum Gasteiger partial charge on any atom is -0.497 e. The Morgan fingerprint density at radius 3 is 2.55 bits per heavy atom. The van der Waals surface area contributed by atoms with Gasteiger partial charge in [-0.2, -0.15) is 0 Å². The summed E-state index contributed by atoms with van der Waals surface area (Å²) >= 11 is 0. The molecule has 0 bridgehead atoms.